The van der Waals surface area contributed by atoms with Crippen LogP contribution in [0.25, 0.3) is 10.6 Å². The van der Waals surface area contributed by atoms with Crippen molar-refractivity contribution >= 4 is 28.8 Å². The van der Waals surface area contributed by atoms with E-state index < -0.39 is 0 Å². The molecule has 0 radical (unpaired) electrons. The average Bonchev–Trinajstić information content (AvgIpc) is 3.44. The van der Waals surface area contributed by atoms with E-state index in [-0.39, 0.29) is 24.4 Å². The van der Waals surface area contributed by atoms with Crippen molar-refractivity contribution in [2.45, 2.75) is 25.6 Å². The molecule has 1 aromatic heterocycles. The topological polar surface area (TPSA) is 60.5 Å². The van der Waals surface area contributed by atoms with Gasteiger partial charge in [0.25, 0.3) is 5.91 Å². The van der Waals surface area contributed by atoms with Crippen molar-refractivity contribution in [3.05, 3.63) is 69.9 Å². The monoisotopic (exact) mass is 446 g/mol. The lowest BCUT2D eigenvalue weighted by molar-refractivity contribution is 0.0854. The highest BCUT2D eigenvalue weighted by molar-refractivity contribution is 7.13. The number of aromatic nitrogens is 1. The molecule has 0 saturated carbocycles. The van der Waals surface area contributed by atoms with E-state index in [1.165, 1.54) is 17.4 Å². The Hall–Kier alpha value is -2.48. The quantitative estimate of drug-likeness (QED) is 0.549. The zero-order valence-corrected chi connectivity index (χ0v) is 17.6. The minimum absolute atomic E-state index is 0.0819. The Kier molecular flexibility index (Phi) is 6.62. The molecule has 2 heterocycles. The van der Waals surface area contributed by atoms with Crippen LogP contribution < -0.4 is 10.1 Å². The number of halogens is 2. The summed E-state index contributed by atoms with van der Waals surface area (Å²) in [4.78, 5) is 16.7. The summed E-state index contributed by atoms with van der Waals surface area (Å²) in [5, 5.41) is 5.66. The van der Waals surface area contributed by atoms with E-state index in [4.69, 9.17) is 21.1 Å². The summed E-state index contributed by atoms with van der Waals surface area (Å²) in [7, 11) is 0. The molecule has 0 bridgehead atoms. The van der Waals surface area contributed by atoms with E-state index in [9.17, 15) is 9.18 Å². The number of carbonyl (C=O) groups excluding carboxylic acids is 1. The molecule has 3 aromatic rings. The molecule has 30 heavy (non-hydrogen) atoms. The van der Waals surface area contributed by atoms with Crippen molar-refractivity contribution in [3.8, 4) is 16.3 Å². The first kappa shape index (κ1) is 20.8. The minimum Gasteiger partial charge on any atom is -0.489 e. The molecular formula is C22H20ClFN2O3S. The summed E-state index contributed by atoms with van der Waals surface area (Å²) < 4.78 is 24.9. The standard InChI is InChI=1S/C22H20ClFN2O3S/c23-18-10-15(29-12-14-4-1-2-6-19(14)24)7-8-17(18)22-26-20(13-30-22)21(27)25-11-16-5-3-9-28-16/h1-2,4,6-8,10,13,16H,3,5,9,11-12H2,(H,25,27)/t16-/m0/s1. The lowest BCUT2D eigenvalue weighted by atomic mass is 10.2. The summed E-state index contributed by atoms with van der Waals surface area (Å²) in [5.41, 5.74) is 1.53. The van der Waals surface area contributed by atoms with Gasteiger partial charge in [0.2, 0.25) is 0 Å². The van der Waals surface area contributed by atoms with Crippen LogP contribution >= 0.6 is 22.9 Å². The smallest absolute Gasteiger partial charge is 0.270 e. The number of thiazole rings is 1. The lowest BCUT2D eigenvalue weighted by Gasteiger charge is -2.09. The number of nitrogens with zero attached hydrogens (tertiary/aromatic N) is 1. The maximum absolute atomic E-state index is 13.7. The molecule has 156 valence electrons. The normalized spacial score (nSPS) is 15.9. The Morgan fingerprint density at radius 1 is 1.33 bits per heavy atom. The zero-order valence-electron chi connectivity index (χ0n) is 16.1. The van der Waals surface area contributed by atoms with Crippen LogP contribution in [-0.2, 0) is 11.3 Å². The van der Waals surface area contributed by atoms with Crippen molar-refractivity contribution in [2.24, 2.45) is 0 Å². The van der Waals surface area contributed by atoms with E-state index in [1.54, 1.807) is 41.8 Å². The molecule has 1 N–H and O–H groups in total. The van der Waals surface area contributed by atoms with Gasteiger partial charge in [-0.25, -0.2) is 9.37 Å². The van der Waals surface area contributed by atoms with Gasteiger partial charge in [-0.05, 0) is 37.1 Å². The van der Waals surface area contributed by atoms with E-state index in [0.717, 1.165) is 19.4 Å². The maximum Gasteiger partial charge on any atom is 0.270 e. The molecule has 0 spiro atoms. The third-order valence-corrected chi connectivity index (χ3v) is 5.96. The lowest BCUT2D eigenvalue weighted by Crippen LogP contribution is -2.31. The first-order chi connectivity index (χ1) is 14.6. The fourth-order valence-corrected chi connectivity index (χ4v) is 4.29. The second-order valence-corrected chi connectivity index (χ2v) is 8.17. The van der Waals surface area contributed by atoms with Crippen molar-refractivity contribution in [3.63, 3.8) is 0 Å². The molecule has 4 rings (SSSR count). The number of ether oxygens (including phenoxy) is 2. The highest BCUT2D eigenvalue weighted by atomic mass is 35.5. The summed E-state index contributed by atoms with van der Waals surface area (Å²) in [6, 6.07) is 11.7. The maximum atomic E-state index is 13.7. The van der Waals surface area contributed by atoms with Gasteiger partial charge in [0.15, 0.2) is 0 Å². The van der Waals surface area contributed by atoms with Crippen LogP contribution in [0.3, 0.4) is 0 Å². The molecule has 1 aliphatic heterocycles. The Bertz CT molecular complexity index is 1040. The number of amides is 1. The van der Waals surface area contributed by atoms with Gasteiger partial charge in [0.1, 0.15) is 28.9 Å². The van der Waals surface area contributed by atoms with Crippen molar-refractivity contribution in [2.75, 3.05) is 13.2 Å². The third-order valence-electron chi connectivity index (χ3n) is 4.77. The van der Waals surface area contributed by atoms with Crippen molar-refractivity contribution in [1.82, 2.24) is 10.3 Å². The molecule has 2 aromatic carbocycles. The summed E-state index contributed by atoms with van der Waals surface area (Å²) in [6.07, 6.45) is 2.07. The predicted octanol–water partition coefficient (Wildman–Crippen LogP) is 5.09. The number of rotatable bonds is 7. The SMILES string of the molecule is O=C(NC[C@@H]1CCCO1)c1csc(-c2ccc(OCc3ccccc3F)cc2Cl)n1. The third kappa shape index (κ3) is 4.98. The van der Waals surface area contributed by atoms with Gasteiger partial charge >= 0.3 is 0 Å². The van der Waals surface area contributed by atoms with Gasteiger partial charge in [-0.15, -0.1) is 11.3 Å². The van der Waals surface area contributed by atoms with Crippen LogP contribution in [0.2, 0.25) is 5.02 Å². The van der Waals surface area contributed by atoms with Crippen LogP contribution in [-0.4, -0.2) is 30.1 Å². The molecule has 1 aliphatic rings. The molecule has 1 saturated heterocycles. The first-order valence-corrected chi connectivity index (χ1v) is 10.9. The van der Waals surface area contributed by atoms with Gasteiger partial charge in [-0.1, -0.05) is 29.8 Å². The van der Waals surface area contributed by atoms with Gasteiger partial charge in [0.05, 0.1) is 11.1 Å². The largest absolute Gasteiger partial charge is 0.489 e. The number of carbonyl (C=O) groups is 1. The molecule has 1 atom stereocenters. The minimum atomic E-state index is -0.312. The van der Waals surface area contributed by atoms with Crippen LogP contribution in [0.1, 0.15) is 28.9 Å². The van der Waals surface area contributed by atoms with Gasteiger partial charge in [-0.2, -0.15) is 0 Å². The van der Waals surface area contributed by atoms with E-state index >= 15 is 0 Å². The molecule has 8 heteroatoms. The Balaban J connectivity index is 1.39. The average molecular weight is 447 g/mol. The van der Waals surface area contributed by atoms with Crippen LogP contribution in [0, 0.1) is 5.82 Å². The fourth-order valence-electron chi connectivity index (χ4n) is 3.14. The number of benzene rings is 2. The number of hydrogen-bond acceptors (Lipinski definition) is 5. The Labute approximate surface area is 182 Å². The number of nitrogens with one attached hydrogen (secondary N) is 1. The van der Waals surface area contributed by atoms with E-state index in [1.807, 2.05) is 0 Å². The van der Waals surface area contributed by atoms with Gasteiger partial charge in [-0.3, -0.25) is 4.79 Å². The second-order valence-electron chi connectivity index (χ2n) is 6.90. The molecule has 1 fully saturated rings. The van der Waals surface area contributed by atoms with E-state index in [0.29, 0.717) is 39.1 Å². The Morgan fingerprint density at radius 3 is 2.97 bits per heavy atom. The highest BCUT2D eigenvalue weighted by Gasteiger charge is 2.18. The molecule has 0 unspecified atom stereocenters. The van der Waals surface area contributed by atoms with Gasteiger partial charge < -0.3 is 14.8 Å². The van der Waals surface area contributed by atoms with Crippen LogP contribution in [0.4, 0.5) is 4.39 Å². The zero-order chi connectivity index (χ0) is 20.9. The Morgan fingerprint density at radius 2 is 2.20 bits per heavy atom. The van der Waals surface area contributed by atoms with Crippen molar-refractivity contribution in [1.29, 1.82) is 0 Å². The predicted molar refractivity (Wildman–Crippen MR) is 115 cm³/mol. The highest BCUT2D eigenvalue weighted by Crippen LogP contribution is 2.33. The van der Waals surface area contributed by atoms with Crippen molar-refractivity contribution < 1.29 is 18.7 Å². The first-order valence-electron chi connectivity index (χ1n) is 9.61. The van der Waals surface area contributed by atoms with Crippen LogP contribution in [0.15, 0.2) is 47.8 Å². The van der Waals surface area contributed by atoms with Crippen LogP contribution in [0.5, 0.6) is 5.75 Å². The molecule has 1 amide bonds. The fraction of sp³-hybridized carbons (Fsp3) is 0.273. The summed E-state index contributed by atoms with van der Waals surface area (Å²) in [6.45, 7) is 1.34. The molecular weight excluding hydrogens is 427 g/mol. The number of hydrogen-bond donors (Lipinski definition) is 1. The molecule has 5 nitrogen and oxygen atoms in total. The molecule has 0 aliphatic carbocycles. The summed E-state index contributed by atoms with van der Waals surface area (Å²) >= 11 is 7.75. The summed E-state index contributed by atoms with van der Waals surface area (Å²) in [5.74, 6) is -0.0136. The second kappa shape index (κ2) is 9.55. The van der Waals surface area contributed by atoms with E-state index in [2.05, 4.69) is 10.3 Å². The van der Waals surface area contributed by atoms with Gasteiger partial charge in [0, 0.05) is 29.7 Å².